The maximum absolute atomic E-state index is 12.6. The van der Waals surface area contributed by atoms with Gasteiger partial charge in [0.05, 0.1) is 11.9 Å². The number of aromatic nitrogens is 1. The van der Waals surface area contributed by atoms with Crippen molar-refractivity contribution in [1.82, 2.24) is 4.98 Å². The van der Waals surface area contributed by atoms with Crippen molar-refractivity contribution in [3.63, 3.8) is 0 Å². The highest BCUT2D eigenvalue weighted by Gasteiger charge is 2.01. The fourth-order valence-electron chi connectivity index (χ4n) is 0.779. The first-order valence-electron chi connectivity index (χ1n) is 3.16. The first kappa shape index (κ1) is 8.49. The van der Waals surface area contributed by atoms with E-state index < -0.39 is 0 Å². The van der Waals surface area contributed by atoms with Crippen LogP contribution in [0.2, 0.25) is 0 Å². The van der Waals surface area contributed by atoms with Crippen molar-refractivity contribution >= 4 is 11.8 Å². The summed E-state index contributed by atoms with van der Waals surface area (Å²) in [4.78, 5) is 4.66. The second kappa shape index (κ2) is 3.69. The maximum atomic E-state index is 12.6. The van der Waals surface area contributed by atoms with Gasteiger partial charge in [-0.15, -0.1) is 11.8 Å². The Hall–Kier alpha value is -0.610. The Kier molecular flexibility index (Phi) is 2.84. The fraction of sp³-hybridized carbons (Fsp3) is 0.286. The van der Waals surface area contributed by atoms with Gasteiger partial charge >= 0.3 is 0 Å². The SMILES string of the molecule is CSc1cc(F)cnc1CN. The topological polar surface area (TPSA) is 38.9 Å². The lowest BCUT2D eigenvalue weighted by Gasteiger charge is -2.01. The van der Waals surface area contributed by atoms with Crippen molar-refractivity contribution in [1.29, 1.82) is 0 Å². The summed E-state index contributed by atoms with van der Waals surface area (Å²) in [5.74, 6) is -0.313. The molecular formula is C7H9FN2S. The zero-order valence-electron chi connectivity index (χ0n) is 6.17. The summed E-state index contributed by atoms with van der Waals surface area (Å²) in [6, 6.07) is 1.44. The summed E-state index contributed by atoms with van der Waals surface area (Å²) in [7, 11) is 0. The van der Waals surface area contributed by atoms with Crippen LogP contribution in [0, 0.1) is 5.82 Å². The number of hydrogen-bond donors (Lipinski definition) is 1. The molecule has 4 heteroatoms. The minimum Gasteiger partial charge on any atom is -0.325 e. The molecular weight excluding hydrogens is 163 g/mol. The Morgan fingerprint density at radius 2 is 2.45 bits per heavy atom. The van der Waals surface area contributed by atoms with Crippen molar-refractivity contribution < 1.29 is 4.39 Å². The number of halogens is 1. The highest BCUT2D eigenvalue weighted by molar-refractivity contribution is 7.98. The van der Waals surface area contributed by atoms with Gasteiger partial charge < -0.3 is 5.73 Å². The van der Waals surface area contributed by atoms with E-state index in [9.17, 15) is 4.39 Å². The van der Waals surface area contributed by atoms with Gasteiger partial charge in [0, 0.05) is 11.4 Å². The lowest BCUT2D eigenvalue weighted by atomic mass is 10.3. The predicted molar refractivity (Wildman–Crippen MR) is 43.9 cm³/mol. The van der Waals surface area contributed by atoms with Crippen LogP contribution in [0.15, 0.2) is 17.2 Å². The fourth-order valence-corrected chi connectivity index (χ4v) is 1.38. The van der Waals surface area contributed by atoms with Gasteiger partial charge in [-0.1, -0.05) is 0 Å². The minimum absolute atomic E-state index is 0.313. The van der Waals surface area contributed by atoms with E-state index in [1.807, 2.05) is 6.26 Å². The summed E-state index contributed by atoms with van der Waals surface area (Å²) in [6.07, 6.45) is 3.05. The van der Waals surface area contributed by atoms with Crippen molar-refractivity contribution in [3.05, 3.63) is 23.8 Å². The molecule has 0 aliphatic rings. The van der Waals surface area contributed by atoms with Gasteiger partial charge in [0.1, 0.15) is 5.82 Å². The normalized spacial score (nSPS) is 10.1. The van der Waals surface area contributed by atoms with Gasteiger partial charge in [-0.05, 0) is 12.3 Å². The van der Waals surface area contributed by atoms with Crippen LogP contribution in [0.3, 0.4) is 0 Å². The molecule has 0 bridgehead atoms. The second-order valence-electron chi connectivity index (χ2n) is 2.01. The Bertz CT molecular complexity index is 252. The summed E-state index contributed by atoms with van der Waals surface area (Å²) in [5, 5.41) is 0. The van der Waals surface area contributed by atoms with Crippen LogP contribution in [0.1, 0.15) is 5.69 Å². The molecule has 0 saturated heterocycles. The van der Waals surface area contributed by atoms with E-state index in [1.165, 1.54) is 24.0 Å². The lowest BCUT2D eigenvalue weighted by molar-refractivity contribution is 0.613. The third-order valence-electron chi connectivity index (χ3n) is 1.31. The van der Waals surface area contributed by atoms with Gasteiger partial charge in [0.2, 0.25) is 0 Å². The number of nitrogens with zero attached hydrogens (tertiary/aromatic N) is 1. The predicted octanol–water partition coefficient (Wildman–Crippen LogP) is 1.40. The largest absolute Gasteiger partial charge is 0.325 e. The average Bonchev–Trinajstić information content (AvgIpc) is 2.04. The molecule has 0 amide bonds. The molecule has 0 aliphatic heterocycles. The van der Waals surface area contributed by atoms with E-state index >= 15 is 0 Å². The third-order valence-corrected chi connectivity index (χ3v) is 2.10. The number of rotatable bonds is 2. The van der Waals surface area contributed by atoms with Crippen molar-refractivity contribution in [2.45, 2.75) is 11.4 Å². The molecule has 1 aromatic heterocycles. The van der Waals surface area contributed by atoms with Crippen molar-refractivity contribution in [2.75, 3.05) is 6.26 Å². The van der Waals surface area contributed by atoms with Gasteiger partial charge in [-0.3, -0.25) is 4.98 Å². The highest BCUT2D eigenvalue weighted by atomic mass is 32.2. The van der Waals surface area contributed by atoms with Crippen LogP contribution in [-0.4, -0.2) is 11.2 Å². The minimum atomic E-state index is -0.313. The Morgan fingerprint density at radius 3 is 3.00 bits per heavy atom. The zero-order chi connectivity index (χ0) is 8.27. The molecule has 0 unspecified atom stereocenters. The molecule has 1 aromatic rings. The molecule has 0 aliphatic carbocycles. The molecule has 11 heavy (non-hydrogen) atoms. The van der Waals surface area contributed by atoms with Crippen molar-refractivity contribution in [2.24, 2.45) is 5.73 Å². The Labute approximate surface area is 69.0 Å². The zero-order valence-corrected chi connectivity index (χ0v) is 6.99. The number of pyridine rings is 1. The number of nitrogens with two attached hydrogens (primary N) is 1. The number of thioether (sulfide) groups is 1. The summed E-state index contributed by atoms with van der Waals surface area (Å²) >= 11 is 1.45. The van der Waals surface area contributed by atoms with Crippen LogP contribution >= 0.6 is 11.8 Å². The van der Waals surface area contributed by atoms with E-state index in [0.717, 1.165) is 10.6 Å². The Morgan fingerprint density at radius 1 is 1.73 bits per heavy atom. The van der Waals surface area contributed by atoms with Crippen LogP contribution in [0.25, 0.3) is 0 Å². The molecule has 0 atom stereocenters. The molecule has 0 saturated carbocycles. The van der Waals surface area contributed by atoms with Crippen LogP contribution in [0.5, 0.6) is 0 Å². The standard InChI is InChI=1S/C7H9FN2S/c1-11-7-2-5(8)4-10-6(7)3-9/h2,4H,3,9H2,1H3. The van der Waals surface area contributed by atoms with Gasteiger partial charge in [-0.2, -0.15) is 0 Å². The first-order chi connectivity index (χ1) is 5.27. The summed E-state index contributed by atoms with van der Waals surface area (Å²) < 4.78 is 12.6. The Balaban J connectivity index is 3.06. The molecule has 0 fully saturated rings. The third kappa shape index (κ3) is 1.91. The van der Waals surface area contributed by atoms with Crippen LogP contribution < -0.4 is 5.73 Å². The maximum Gasteiger partial charge on any atom is 0.142 e. The molecule has 2 nitrogen and oxygen atoms in total. The van der Waals surface area contributed by atoms with Gasteiger partial charge in [-0.25, -0.2) is 4.39 Å². The molecule has 1 rings (SSSR count). The lowest BCUT2D eigenvalue weighted by Crippen LogP contribution is -2.01. The second-order valence-corrected chi connectivity index (χ2v) is 2.85. The van der Waals surface area contributed by atoms with E-state index in [1.54, 1.807) is 0 Å². The average molecular weight is 172 g/mol. The van der Waals surface area contributed by atoms with E-state index in [0.29, 0.717) is 6.54 Å². The quantitative estimate of drug-likeness (QED) is 0.685. The van der Waals surface area contributed by atoms with E-state index in [-0.39, 0.29) is 5.82 Å². The molecule has 0 spiro atoms. The molecule has 0 radical (unpaired) electrons. The number of hydrogen-bond acceptors (Lipinski definition) is 3. The molecule has 60 valence electrons. The van der Waals surface area contributed by atoms with E-state index in [4.69, 9.17) is 5.73 Å². The molecule has 0 aromatic carbocycles. The molecule has 1 heterocycles. The highest BCUT2D eigenvalue weighted by Crippen LogP contribution is 2.18. The smallest absolute Gasteiger partial charge is 0.142 e. The first-order valence-corrected chi connectivity index (χ1v) is 4.39. The van der Waals surface area contributed by atoms with Gasteiger partial charge in [0.15, 0.2) is 0 Å². The molecule has 2 N–H and O–H groups in total. The van der Waals surface area contributed by atoms with E-state index in [2.05, 4.69) is 4.98 Å². The van der Waals surface area contributed by atoms with Crippen LogP contribution in [-0.2, 0) is 6.54 Å². The van der Waals surface area contributed by atoms with Gasteiger partial charge in [0.25, 0.3) is 0 Å². The summed E-state index contributed by atoms with van der Waals surface area (Å²) in [6.45, 7) is 0.358. The van der Waals surface area contributed by atoms with Crippen LogP contribution in [0.4, 0.5) is 4.39 Å². The summed E-state index contributed by atoms with van der Waals surface area (Å²) in [5.41, 5.74) is 6.13. The van der Waals surface area contributed by atoms with Crippen molar-refractivity contribution in [3.8, 4) is 0 Å². The monoisotopic (exact) mass is 172 g/mol.